The molecule has 1 aliphatic rings. The Morgan fingerprint density at radius 3 is 2.59 bits per heavy atom. The summed E-state index contributed by atoms with van der Waals surface area (Å²) in [6.45, 7) is 4.40. The molecule has 7 nitrogen and oxygen atoms in total. The zero-order valence-electron chi connectivity index (χ0n) is 12.6. The van der Waals surface area contributed by atoms with Gasteiger partial charge in [0.1, 0.15) is 0 Å². The van der Waals surface area contributed by atoms with Gasteiger partial charge in [-0.3, -0.25) is 10.1 Å². The van der Waals surface area contributed by atoms with Crippen molar-refractivity contribution in [3.05, 3.63) is 33.9 Å². The second-order valence-electron chi connectivity index (χ2n) is 5.48. The molecule has 0 atom stereocenters. The van der Waals surface area contributed by atoms with Crippen molar-refractivity contribution in [2.45, 2.75) is 31.1 Å². The van der Waals surface area contributed by atoms with Crippen molar-refractivity contribution in [2.75, 3.05) is 26.2 Å². The average molecular weight is 327 g/mol. The van der Waals surface area contributed by atoms with Gasteiger partial charge in [-0.25, -0.2) is 13.1 Å². The van der Waals surface area contributed by atoms with E-state index < -0.39 is 14.9 Å². The van der Waals surface area contributed by atoms with Crippen molar-refractivity contribution >= 4 is 15.7 Å². The first-order valence-electron chi connectivity index (χ1n) is 7.38. The van der Waals surface area contributed by atoms with E-state index in [1.54, 1.807) is 13.0 Å². The van der Waals surface area contributed by atoms with Crippen LogP contribution in [-0.4, -0.2) is 44.4 Å². The number of hydrogen-bond acceptors (Lipinski definition) is 5. The molecule has 122 valence electrons. The molecule has 0 aliphatic carbocycles. The van der Waals surface area contributed by atoms with Crippen LogP contribution >= 0.6 is 0 Å². The molecule has 1 heterocycles. The largest absolute Gasteiger partial charge is 0.302 e. The number of nitrogens with one attached hydrogen (secondary N) is 1. The SMILES string of the molecule is Cc1cccc([N+](=O)[O-])c1S(=O)(=O)NCCN1CCCCC1. The molecule has 0 bridgehead atoms. The smallest absolute Gasteiger partial charge is 0.289 e. The molecular weight excluding hydrogens is 306 g/mol. The monoisotopic (exact) mass is 327 g/mol. The topological polar surface area (TPSA) is 92.5 Å². The van der Waals surface area contributed by atoms with Crippen molar-refractivity contribution < 1.29 is 13.3 Å². The summed E-state index contributed by atoms with van der Waals surface area (Å²) in [6, 6.07) is 4.26. The molecule has 0 radical (unpaired) electrons. The van der Waals surface area contributed by atoms with Crippen LogP contribution in [0.4, 0.5) is 5.69 Å². The van der Waals surface area contributed by atoms with Crippen LogP contribution in [0.2, 0.25) is 0 Å². The lowest BCUT2D eigenvalue weighted by atomic mass is 10.1. The fraction of sp³-hybridized carbons (Fsp3) is 0.571. The van der Waals surface area contributed by atoms with Gasteiger partial charge in [-0.05, 0) is 38.4 Å². The summed E-state index contributed by atoms with van der Waals surface area (Å²) in [5.74, 6) is 0. The second-order valence-corrected chi connectivity index (χ2v) is 7.18. The molecule has 0 aromatic heterocycles. The lowest BCUT2D eigenvalue weighted by Crippen LogP contribution is -2.37. The number of nitro benzene ring substituents is 1. The standard InChI is InChI=1S/C14H21N3O4S/c1-12-6-5-7-13(17(18)19)14(12)22(20,21)15-8-11-16-9-3-2-4-10-16/h5-7,15H,2-4,8-11H2,1H3. The first kappa shape index (κ1) is 16.9. The zero-order chi connectivity index (χ0) is 16.2. The third-order valence-electron chi connectivity index (χ3n) is 3.83. The number of benzene rings is 1. The van der Waals surface area contributed by atoms with Crippen LogP contribution in [0.3, 0.4) is 0 Å². The van der Waals surface area contributed by atoms with Gasteiger partial charge in [0, 0.05) is 19.2 Å². The van der Waals surface area contributed by atoms with Gasteiger partial charge in [0.05, 0.1) is 4.92 Å². The molecule has 1 aliphatic heterocycles. The maximum atomic E-state index is 12.4. The van der Waals surface area contributed by atoms with Crippen molar-refractivity contribution in [1.29, 1.82) is 0 Å². The second kappa shape index (κ2) is 7.17. The Bertz CT molecular complexity index is 639. The zero-order valence-corrected chi connectivity index (χ0v) is 13.4. The first-order chi connectivity index (χ1) is 10.4. The molecule has 1 fully saturated rings. The number of nitro groups is 1. The van der Waals surface area contributed by atoms with Crippen LogP contribution < -0.4 is 4.72 Å². The van der Waals surface area contributed by atoms with Crippen LogP contribution in [0.1, 0.15) is 24.8 Å². The van der Waals surface area contributed by atoms with E-state index in [9.17, 15) is 18.5 Å². The summed E-state index contributed by atoms with van der Waals surface area (Å²) in [6.07, 6.45) is 3.49. The molecule has 2 rings (SSSR count). The molecule has 0 saturated carbocycles. The lowest BCUT2D eigenvalue weighted by Gasteiger charge is -2.26. The van der Waals surface area contributed by atoms with Gasteiger partial charge in [0.15, 0.2) is 4.90 Å². The van der Waals surface area contributed by atoms with E-state index in [2.05, 4.69) is 9.62 Å². The fourth-order valence-electron chi connectivity index (χ4n) is 2.72. The van der Waals surface area contributed by atoms with E-state index in [1.807, 2.05) is 0 Å². The van der Waals surface area contributed by atoms with E-state index in [0.29, 0.717) is 12.1 Å². The Kier molecular flexibility index (Phi) is 5.49. The van der Waals surface area contributed by atoms with Crippen LogP contribution in [0.25, 0.3) is 0 Å². The molecule has 1 aromatic carbocycles. The average Bonchev–Trinajstić information content (AvgIpc) is 2.47. The van der Waals surface area contributed by atoms with Crippen LogP contribution in [0.15, 0.2) is 23.1 Å². The maximum absolute atomic E-state index is 12.4. The van der Waals surface area contributed by atoms with Gasteiger partial charge in [-0.2, -0.15) is 0 Å². The predicted octanol–water partition coefficient (Wildman–Crippen LogP) is 1.67. The Balaban J connectivity index is 2.08. The highest BCUT2D eigenvalue weighted by atomic mass is 32.2. The minimum atomic E-state index is -3.89. The number of aryl methyl sites for hydroxylation is 1. The van der Waals surface area contributed by atoms with E-state index in [-0.39, 0.29) is 17.1 Å². The van der Waals surface area contributed by atoms with Crippen molar-refractivity contribution in [3.8, 4) is 0 Å². The van der Waals surface area contributed by atoms with Gasteiger partial charge in [0.2, 0.25) is 10.0 Å². The quantitative estimate of drug-likeness (QED) is 0.634. The Morgan fingerprint density at radius 2 is 1.95 bits per heavy atom. The van der Waals surface area contributed by atoms with Crippen molar-refractivity contribution in [3.63, 3.8) is 0 Å². The van der Waals surface area contributed by atoms with Gasteiger partial charge in [-0.15, -0.1) is 0 Å². The normalized spacial score (nSPS) is 16.6. The van der Waals surface area contributed by atoms with E-state index >= 15 is 0 Å². The molecule has 0 amide bonds. The summed E-state index contributed by atoms with van der Waals surface area (Å²) < 4.78 is 27.3. The predicted molar refractivity (Wildman–Crippen MR) is 83.3 cm³/mol. The van der Waals surface area contributed by atoms with Crippen LogP contribution in [0.5, 0.6) is 0 Å². The molecule has 1 aromatic rings. The lowest BCUT2D eigenvalue weighted by molar-refractivity contribution is -0.387. The molecule has 22 heavy (non-hydrogen) atoms. The van der Waals surface area contributed by atoms with Gasteiger partial charge < -0.3 is 4.90 Å². The summed E-state index contributed by atoms with van der Waals surface area (Å²) in [5, 5.41) is 11.0. The summed E-state index contributed by atoms with van der Waals surface area (Å²) in [7, 11) is -3.89. The summed E-state index contributed by atoms with van der Waals surface area (Å²) >= 11 is 0. The molecule has 1 saturated heterocycles. The number of sulfonamides is 1. The summed E-state index contributed by atoms with van der Waals surface area (Å²) in [5.41, 5.74) is -0.00912. The number of piperidine rings is 1. The number of likely N-dealkylation sites (tertiary alicyclic amines) is 1. The molecule has 8 heteroatoms. The van der Waals surface area contributed by atoms with E-state index in [1.165, 1.54) is 18.6 Å². The Labute approximate surface area is 130 Å². The highest BCUT2D eigenvalue weighted by molar-refractivity contribution is 7.89. The summed E-state index contributed by atoms with van der Waals surface area (Å²) in [4.78, 5) is 12.4. The van der Waals surface area contributed by atoms with E-state index in [0.717, 1.165) is 25.9 Å². The fourth-order valence-corrected chi connectivity index (χ4v) is 4.14. The van der Waals surface area contributed by atoms with Crippen molar-refractivity contribution in [2.24, 2.45) is 0 Å². The minimum Gasteiger partial charge on any atom is -0.302 e. The highest BCUT2D eigenvalue weighted by Crippen LogP contribution is 2.26. The molecule has 0 spiro atoms. The number of rotatable bonds is 6. The molecule has 1 N–H and O–H groups in total. The highest BCUT2D eigenvalue weighted by Gasteiger charge is 2.27. The molecule has 0 unspecified atom stereocenters. The van der Waals surface area contributed by atoms with E-state index in [4.69, 9.17) is 0 Å². The van der Waals surface area contributed by atoms with Gasteiger partial charge in [-0.1, -0.05) is 18.6 Å². The van der Waals surface area contributed by atoms with Crippen LogP contribution in [0, 0.1) is 17.0 Å². The van der Waals surface area contributed by atoms with Gasteiger partial charge >= 0.3 is 0 Å². The van der Waals surface area contributed by atoms with Gasteiger partial charge in [0.25, 0.3) is 5.69 Å². The third-order valence-corrected chi connectivity index (χ3v) is 5.48. The molecular formula is C14H21N3O4S. The minimum absolute atomic E-state index is 0.237. The third kappa shape index (κ3) is 4.02. The first-order valence-corrected chi connectivity index (χ1v) is 8.86. The van der Waals surface area contributed by atoms with Crippen LogP contribution in [-0.2, 0) is 10.0 Å². The van der Waals surface area contributed by atoms with Crippen molar-refractivity contribution in [1.82, 2.24) is 9.62 Å². The Hall–Kier alpha value is -1.51. The number of hydrogen-bond donors (Lipinski definition) is 1. The Morgan fingerprint density at radius 1 is 1.27 bits per heavy atom. The maximum Gasteiger partial charge on any atom is 0.289 e. The number of nitrogens with zero attached hydrogens (tertiary/aromatic N) is 2.